The molecular formula is C16H24N2O. The molecule has 2 aromatic rings. The first kappa shape index (κ1) is 13.8. The van der Waals surface area contributed by atoms with Gasteiger partial charge in [-0.05, 0) is 18.6 Å². The van der Waals surface area contributed by atoms with E-state index in [1.54, 1.807) is 0 Å². The fourth-order valence-corrected chi connectivity index (χ4v) is 2.03. The van der Waals surface area contributed by atoms with Crippen molar-refractivity contribution in [3.63, 3.8) is 0 Å². The number of ether oxygens (including phenoxy) is 1. The quantitative estimate of drug-likeness (QED) is 0.638. The first-order valence-corrected chi connectivity index (χ1v) is 6.97. The van der Waals surface area contributed by atoms with E-state index in [0.29, 0.717) is 5.69 Å². The second kappa shape index (κ2) is 5.16. The number of fused-ring (bicyclic) bond motifs is 1. The Morgan fingerprint density at radius 2 is 1.95 bits per heavy atom. The summed E-state index contributed by atoms with van der Waals surface area (Å²) >= 11 is 0. The topological polar surface area (TPSA) is 51.0 Å². The smallest absolute Gasteiger partial charge is 0.144 e. The Hall–Kier alpha value is -1.64. The number of anilines is 1. The summed E-state index contributed by atoms with van der Waals surface area (Å²) in [5, 5.41) is 1.14. The number of hydrogen-bond donors (Lipinski definition) is 2. The highest BCUT2D eigenvalue weighted by atomic mass is 16.5. The summed E-state index contributed by atoms with van der Waals surface area (Å²) in [6, 6.07) is 6.17. The Morgan fingerprint density at radius 3 is 2.58 bits per heavy atom. The van der Waals surface area contributed by atoms with E-state index in [9.17, 15) is 0 Å². The second-order valence-corrected chi connectivity index (χ2v) is 6.11. The van der Waals surface area contributed by atoms with Crippen LogP contribution in [0.3, 0.4) is 0 Å². The number of nitrogens with two attached hydrogens (primary N) is 1. The summed E-state index contributed by atoms with van der Waals surface area (Å²) < 4.78 is 5.74. The third-order valence-electron chi connectivity index (χ3n) is 3.31. The van der Waals surface area contributed by atoms with Gasteiger partial charge >= 0.3 is 0 Å². The predicted molar refractivity (Wildman–Crippen MR) is 81.8 cm³/mol. The maximum absolute atomic E-state index is 6.05. The number of aromatic amines is 1. The lowest BCUT2D eigenvalue weighted by Crippen LogP contribution is -2.10. The molecule has 0 saturated carbocycles. The second-order valence-electron chi connectivity index (χ2n) is 6.11. The van der Waals surface area contributed by atoms with Crippen LogP contribution in [-0.4, -0.2) is 11.6 Å². The average Bonchev–Trinajstić information content (AvgIpc) is 2.72. The number of aromatic nitrogens is 1. The molecule has 3 nitrogen and oxygen atoms in total. The highest BCUT2D eigenvalue weighted by molar-refractivity contribution is 5.86. The molecule has 1 heterocycles. The molecule has 3 N–H and O–H groups in total. The zero-order valence-electron chi connectivity index (χ0n) is 12.3. The van der Waals surface area contributed by atoms with Crippen molar-refractivity contribution in [2.24, 2.45) is 0 Å². The third-order valence-corrected chi connectivity index (χ3v) is 3.31. The van der Waals surface area contributed by atoms with Crippen LogP contribution in [0.4, 0.5) is 5.69 Å². The van der Waals surface area contributed by atoms with E-state index in [4.69, 9.17) is 10.5 Å². The van der Waals surface area contributed by atoms with Gasteiger partial charge in [0.1, 0.15) is 5.75 Å². The molecule has 0 aliphatic rings. The minimum atomic E-state index is 0.108. The van der Waals surface area contributed by atoms with Gasteiger partial charge in [0.2, 0.25) is 0 Å². The number of hydrogen-bond acceptors (Lipinski definition) is 2. The van der Waals surface area contributed by atoms with Crippen LogP contribution in [0.1, 0.15) is 46.2 Å². The largest absolute Gasteiger partial charge is 0.491 e. The lowest BCUT2D eigenvalue weighted by Gasteiger charge is -2.15. The minimum Gasteiger partial charge on any atom is -0.491 e. The van der Waals surface area contributed by atoms with Gasteiger partial charge in [0.05, 0.1) is 12.3 Å². The summed E-state index contributed by atoms with van der Waals surface area (Å²) in [7, 11) is 0. The van der Waals surface area contributed by atoms with Crippen molar-refractivity contribution in [3.8, 4) is 5.75 Å². The molecule has 0 atom stereocenters. The molecule has 0 radical (unpaired) electrons. The van der Waals surface area contributed by atoms with Crippen molar-refractivity contribution in [2.75, 3.05) is 12.3 Å². The number of nitrogen functional groups attached to an aromatic ring is 1. The first-order chi connectivity index (χ1) is 8.91. The molecule has 3 heteroatoms. The van der Waals surface area contributed by atoms with Gasteiger partial charge in [0.25, 0.3) is 0 Å². The van der Waals surface area contributed by atoms with Crippen LogP contribution in [0.25, 0.3) is 10.9 Å². The Labute approximate surface area is 115 Å². The summed E-state index contributed by atoms with van der Waals surface area (Å²) in [5.74, 6) is 0.781. The Balaban J connectivity index is 2.33. The highest BCUT2D eigenvalue weighted by Gasteiger charge is 2.17. The van der Waals surface area contributed by atoms with E-state index >= 15 is 0 Å². The molecule has 0 amide bonds. The highest BCUT2D eigenvalue weighted by Crippen LogP contribution is 2.31. The van der Waals surface area contributed by atoms with Crippen molar-refractivity contribution in [2.45, 2.75) is 46.0 Å². The average molecular weight is 260 g/mol. The van der Waals surface area contributed by atoms with E-state index in [-0.39, 0.29) is 5.41 Å². The maximum atomic E-state index is 6.05. The lowest BCUT2D eigenvalue weighted by molar-refractivity contribution is 0.311. The Kier molecular flexibility index (Phi) is 3.74. The Morgan fingerprint density at radius 1 is 1.21 bits per heavy atom. The van der Waals surface area contributed by atoms with Crippen LogP contribution in [-0.2, 0) is 5.41 Å². The van der Waals surface area contributed by atoms with Crippen LogP contribution in [0.2, 0.25) is 0 Å². The number of unbranched alkanes of at least 4 members (excludes halogenated alkanes) is 1. The van der Waals surface area contributed by atoms with E-state index in [1.807, 2.05) is 12.1 Å². The summed E-state index contributed by atoms with van der Waals surface area (Å²) in [6.07, 6.45) is 2.17. The van der Waals surface area contributed by atoms with Gasteiger partial charge in [-0.2, -0.15) is 0 Å². The summed E-state index contributed by atoms with van der Waals surface area (Å²) in [5.41, 5.74) is 9.17. The SMILES string of the molecule is CCCCOc1cc2[nH]c(C(C)(C)C)cc2cc1N. The van der Waals surface area contributed by atoms with E-state index < -0.39 is 0 Å². The molecule has 104 valence electrons. The summed E-state index contributed by atoms with van der Waals surface area (Å²) in [6.45, 7) is 9.45. The fraction of sp³-hybridized carbons (Fsp3) is 0.500. The first-order valence-electron chi connectivity index (χ1n) is 6.97. The standard InChI is InChI=1S/C16H24N2O/c1-5-6-7-19-14-10-13-11(8-12(14)17)9-15(18-13)16(2,3)4/h8-10,18H,5-7,17H2,1-4H3. The molecular weight excluding hydrogens is 236 g/mol. The van der Waals surface area contributed by atoms with Crippen LogP contribution in [0.15, 0.2) is 18.2 Å². The van der Waals surface area contributed by atoms with Gasteiger partial charge in [-0.25, -0.2) is 0 Å². The van der Waals surface area contributed by atoms with Crippen molar-refractivity contribution in [1.29, 1.82) is 0 Å². The zero-order valence-corrected chi connectivity index (χ0v) is 12.3. The predicted octanol–water partition coefficient (Wildman–Crippen LogP) is 4.23. The monoisotopic (exact) mass is 260 g/mol. The van der Waals surface area contributed by atoms with Crippen LogP contribution in [0.5, 0.6) is 5.75 Å². The molecule has 0 aliphatic heterocycles. The number of H-pyrrole nitrogens is 1. The van der Waals surface area contributed by atoms with Gasteiger partial charge in [-0.3, -0.25) is 0 Å². The minimum absolute atomic E-state index is 0.108. The molecule has 1 aromatic carbocycles. The number of benzene rings is 1. The van der Waals surface area contributed by atoms with Crippen LogP contribution >= 0.6 is 0 Å². The molecule has 0 fully saturated rings. The molecule has 0 aliphatic carbocycles. The van der Waals surface area contributed by atoms with E-state index in [1.165, 1.54) is 5.69 Å². The molecule has 2 rings (SSSR count). The van der Waals surface area contributed by atoms with Crippen molar-refractivity contribution in [3.05, 3.63) is 23.9 Å². The van der Waals surface area contributed by atoms with Crippen molar-refractivity contribution in [1.82, 2.24) is 4.98 Å². The van der Waals surface area contributed by atoms with Gasteiger partial charge in [0.15, 0.2) is 0 Å². The van der Waals surface area contributed by atoms with E-state index in [2.05, 4.69) is 38.7 Å². The maximum Gasteiger partial charge on any atom is 0.144 e. The molecule has 0 saturated heterocycles. The zero-order chi connectivity index (χ0) is 14.0. The number of rotatable bonds is 4. The van der Waals surface area contributed by atoms with E-state index in [0.717, 1.165) is 36.1 Å². The molecule has 19 heavy (non-hydrogen) atoms. The summed E-state index contributed by atoms with van der Waals surface area (Å²) in [4.78, 5) is 3.46. The number of nitrogens with one attached hydrogen (secondary N) is 1. The van der Waals surface area contributed by atoms with Crippen molar-refractivity contribution >= 4 is 16.6 Å². The van der Waals surface area contributed by atoms with Gasteiger partial charge < -0.3 is 15.5 Å². The van der Waals surface area contributed by atoms with Gasteiger partial charge in [-0.1, -0.05) is 34.1 Å². The third kappa shape index (κ3) is 3.03. The lowest BCUT2D eigenvalue weighted by atomic mass is 9.92. The van der Waals surface area contributed by atoms with Crippen molar-refractivity contribution < 1.29 is 4.74 Å². The molecule has 1 aromatic heterocycles. The van der Waals surface area contributed by atoms with Gasteiger partial charge in [0, 0.05) is 28.1 Å². The molecule has 0 spiro atoms. The molecule has 0 bridgehead atoms. The van der Waals surface area contributed by atoms with Crippen LogP contribution in [0, 0.1) is 0 Å². The Bertz CT molecular complexity index is 564. The van der Waals surface area contributed by atoms with Gasteiger partial charge in [-0.15, -0.1) is 0 Å². The fourth-order valence-electron chi connectivity index (χ4n) is 2.03. The normalized spacial score (nSPS) is 12.0. The molecule has 0 unspecified atom stereocenters. The van der Waals surface area contributed by atoms with Crippen LogP contribution < -0.4 is 10.5 Å².